The molecule has 2 aliphatic rings. The van der Waals surface area contributed by atoms with E-state index < -0.39 is 11.9 Å². The highest BCUT2D eigenvalue weighted by atomic mass is 35.5. The van der Waals surface area contributed by atoms with Crippen molar-refractivity contribution in [2.45, 2.75) is 38.3 Å². The van der Waals surface area contributed by atoms with E-state index in [0.717, 1.165) is 48.7 Å². The Kier molecular flexibility index (Phi) is 8.24. The number of ether oxygens (including phenoxy) is 1. The summed E-state index contributed by atoms with van der Waals surface area (Å²) in [4.78, 5) is 42.1. The van der Waals surface area contributed by atoms with E-state index in [4.69, 9.17) is 21.3 Å². The summed E-state index contributed by atoms with van der Waals surface area (Å²) in [5.74, 6) is 1.86. The van der Waals surface area contributed by atoms with Crippen LogP contribution in [0.2, 0.25) is 5.02 Å². The molecule has 1 fully saturated rings. The number of rotatable bonds is 8. The fraction of sp³-hybridized carbons (Fsp3) is 0.323. The quantitative estimate of drug-likeness (QED) is 0.292. The smallest absolute Gasteiger partial charge is 0.409 e. The molecule has 0 atom stereocenters. The molecule has 0 saturated carbocycles. The van der Waals surface area contributed by atoms with Crippen LogP contribution in [0.1, 0.15) is 35.7 Å². The number of likely N-dealkylation sites (N-methyl/N-ethyl adjacent to an activating group) is 1. The molecule has 2 aromatic heterocycles. The van der Waals surface area contributed by atoms with E-state index in [1.165, 1.54) is 12.4 Å². The first-order chi connectivity index (χ1) is 20.9. The molecule has 43 heavy (non-hydrogen) atoms. The lowest BCUT2D eigenvalue weighted by atomic mass is 9.95. The molecule has 10 nitrogen and oxygen atoms in total. The van der Waals surface area contributed by atoms with E-state index >= 15 is 0 Å². The molecule has 0 spiro atoms. The molecule has 12 heteroatoms. The number of hydrogen-bond donors (Lipinski definition) is 1. The maximum atomic E-state index is 13.9. The lowest BCUT2D eigenvalue weighted by Gasteiger charge is -2.33. The normalized spacial score (nSPS) is 14.9. The molecule has 0 unspecified atom stereocenters. The van der Waals surface area contributed by atoms with Gasteiger partial charge in [-0.05, 0) is 36.6 Å². The lowest BCUT2D eigenvalue weighted by Crippen LogP contribution is -2.35. The molecule has 4 heterocycles. The Balaban J connectivity index is 1.17. The SMILES string of the molecule is CN(CCn1cc(-c2ccc(F)c(Cl)c2)nc1C1CCN(c2ncnc3c2CC(=O)N3)CC1)C(=O)OCc1ccccc1. The monoisotopic (exact) mass is 603 g/mol. The number of aromatic nitrogens is 4. The van der Waals surface area contributed by atoms with Crippen LogP contribution in [0.5, 0.6) is 0 Å². The van der Waals surface area contributed by atoms with Crippen molar-refractivity contribution in [3.8, 4) is 11.3 Å². The van der Waals surface area contributed by atoms with Crippen LogP contribution in [0.3, 0.4) is 0 Å². The summed E-state index contributed by atoms with van der Waals surface area (Å²) in [7, 11) is 1.71. The number of halogens is 2. The molecule has 0 bridgehead atoms. The Morgan fingerprint density at radius 2 is 1.95 bits per heavy atom. The first-order valence-electron chi connectivity index (χ1n) is 14.2. The Morgan fingerprint density at radius 3 is 2.72 bits per heavy atom. The van der Waals surface area contributed by atoms with Gasteiger partial charge in [-0.3, -0.25) is 4.79 Å². The number of amides is 2. The van der Waals surface area contributed by atoms with Crippen LogP contribution in [-0.2, 0) is 29.1 Å². The summed E-state index contributed by atoms with van der Waals surface area (Å²) in [6.45, 7) is 2.58. The number of hydrogen-bond acceptors (Lipinski definition) is 7. The Hall–Kier alpha value is -4.51. The van der Waals surface area contributed by atoms with Crippen molar-refractivity contribution >= 4 is 35.2 Å². The van der Waals surface area contributed by atoms with Crippen LogP contribution in [0, 0.1) is 5.82 Å². The highest BCUT2D eigenvalue weighted by Gasteiger charge is 2.30. The van der Waals surface area contributed by atoms with Gasteiger partial charge < -0.3 is 24.4 Å². The van der Waals surface area contributed by atoms with Crippen molar-refractivity contribution in [1.29, 1.82) is 0 Å². The van der Waals surface area contributed by atoms with Gasteiger partial charge in [0.1, 0.15) is 36.2 Å². The predicted octanol–water partition coefficient (Wildman–Crippen LogP) is 5.28. The average Bonchev–Trinajstić information content (AvgIpc) is 3.63. The number of imidazole rings is 1. The van der Waals surface area contributed by atoms with E-state index in [1.54, 1.807) is 24.1 Å². The van der Waals surface area contributed by atoms with Crippen molar-refractivity contribution in [2.24, 2.45) is 0 Å². The van der Waals surface area contributed by atoms with Crippen LogP contribution in [0.25, 0.3) is 11.3 Å². The summed E-state index contributed by atoms with van der Waals surface area (Å²) in [5.41, 5.74) is 3.16. The predicted molar refractivity (Wildman–Crippen MR) is 160 cm³/mol. The number of nitrogens with one attached hydrogen (secondary N) is 1. The van der Waals surface area contributed by atoms with E-state index in [2.05, 4.69) is 24.8 Å². The minimum absolute atomic E-state index is 0.0353. The second-order valence-corrected chi connectivity index (χ2v) is 11.2. The highest BCUT2D eigenvalue weighted by molar-refractivity contribution is 6.31. The van der Waals surface area contributed by atoms with Crippen LogP contribution in [0.15, 0.2) is 61.1 Å². The zero-order chi connectivity index (χ0) is 29.9. The van der Waals surface area contributed by atoms with Gasteiger partial charge in [-0.1, -0.05) is 41.9 Å². The topological polar surface area (TPSA) is 105 Å². The molecular formula is C31H31ClFN7O3. The van der Waals surface area contributed by atoms with Gasteiger partial charge >= 0.3 is 6.09 Å². The molecular weight excluding hydrogens is 573 g/mol. The summed E-state index contributed by atoms with van der Waals surface area (Å²) < 4.78 is 21.4. The molecule has 4 aromatic rings. The van der Waals surface area contributed by atoms with Gasteiger partial charge in [-0.2, -0.15) is 0 Å². The number of benzene rings is 2. The van der Waals surface area contributed by atoms with Crippen molar-refractivity contribution in [3.05, 3.63) is 88.8 Å². The van der Waals surface area contributed by atoms with Crippen molar-refractivity contribution in [3.63, 3.8) is 0 Å². The van der Waals surface area contributed by atoms with Crippen LogP contribution in [-0.4, -0.2) is 63.1 Å². The van der Waals surface area contributed by atoms with Crippen molar-refractivity contribution in [1.82, 2.24) is 24.4 Å². The highest BCUT2D eigenvalue weighted by Crippen LogP contribution is 2.35. The average molecular weight is 604 g/mol. The molecule has 1 N–H and O–H groups in total. The minimum atomic E-state index is -0.485. The van der Waals surface area contributed by atoms with E-state index in [-0.39, 0.29) is 29.9 Å². The zero-order valence-electron chi connectivity index (χ0n) is 23.7. The summed E-state index contributed by atoms with van der Waals surface area (Å²) in [5, 5.41) is 2.83. The van der Waals surface area contributed by atoms with E-state index in [0.29, 0.717) is 30.2 Å². The molecule has 2 aromatic carbocycles. The van der Waals surface area contributed by atoms with E-state index in [9.17, 15) is 14.0 Å². The first kappa shape index (κ1) is 28.6. The summed E-state index contributed by atoms with van der Waals surface area (Å²) in [6.07, 6.45) is 4.92. The molecule has 1 saturated heterocycles. The number of nitrogens with zero attached hydrogens (tertiary/aromatic N) is 6. The summed E-state index contributed by atoms with van der Waals surface area (Å²) in [6, 6.07) is 14.1. The van der Waals surface area contributed by atoms with Crippen LogP contribution < -0.4 is 10.2 Å². The van der Waals surface area contributed by atoms with Crippen LogP contribution >= 0.6 is 11.6 Å². The second-order valence-electron chi connectivity index (χ2n) is 10.8. The molecule has 0 radical (unpaired) electrons. The Bertz CT molecular complexity index is 1640. The maximum Gasteiger partial charge on any atom is 0.409 e. The second kappa shape index (κ2) is 12.4. The number of fused-ring (bicyclic) bond motifs is 1. The molecule has 222 valence electrons. The largest absolute Gasteiger partial charge is 0.445 e. The number of carbonyl (C=O) groups is 2. The fourth-order valence-electron chi connectivity index (χ4n) is 5.54. The molecule has 2 amide bonds. The standard InChI is InChI=1S/C31H31ClFN7O3/c1-38(31(42)43-18-20-5-3-2-4-6-20)13-14-40-17-26(22-7-8-25(33)24(32)15-22)36-29(40)21-9-11-39(12-10-21)30-23-16-27(41)37-28(23)34-19-35-30/h2-8,15,17,19,21H,9-14,16,18H2,1H3,(H,34,35,37,41). The third kappa shape index (κ3) is 6.31. The minimum Gasteiger partial charge on any atom is -0.445 e. The van der Waals surface area contributed by atoms with Gasteiger partial charge in [0.15, 0.2) is 0 Å². The third-order valence-corrected chi connectivity index (χ3v) is 8.18. The van der Waals surface area contributed by atoms with Gasteiger partial charge in [0, 0.05) is 56.5 Å². The number of carbonyl (C=O) groups excluding carboxylic acids is 2. The van der Waals surface area contributed by atoms with Gasteiger partial charge in [0.05, 0.1) is 17.1 Å². The van der Waals surface area contributed by atoms with Gasteiger partial charge in [-0.15, -0.1) is 0 Å². The van der Waals surface area contributed by atoms with E-state index in [1.807, 2.05) is 36.5 Å². The molecule has 2 aliphatic heterocycles. The molecule has 0 aliphatic carbocycles. The Morgan fingerprint density at radius 1 is 1.16 bits per heavy atom. The fourth-order valence-corrected chi connectivity index (χ4v) is 5.72. The number of anilines is 2. The van der Waals surface area contributed by atoms with Crippen LogP contribution in [0.4, 0.5) is 20.8 Å². The summed E-state index contributed by atoms with van der Waals surface area (Å²) >= 11 is 6.09. The molecule has 6 rings (SSSR count). The van der Waals surface area contributed by atoms with Gasteiger partial charge in [0.2, 0.25) is 5.91 Å². The van der Waals surface area contributed by atoms with Crippen molar-refractivity contribution in [2.75, 3.05) is 36.9 Å². The lowest BCUT2D eigenvalue weighted by molar-refractivity contribution is -0.115. The Labute approximate surface area is 253 Å². The number of piperidine rings is 1. The van der Waals surface area contributed by atoms with Crippen molar-refractivity contribution < 1.29 is 18.7 Å². The van der Waals surface area contributed by atoms with Gasteiger partial charge in [0.25, 0.3) is 0 Å². The maximum absolute atomic E-state index is 13.9. The first-order valence-corrected chi connectivity index (χ1v) is 14.6. The zero-order valence-corrected chi connectivity index (χ0v) is 24.4. The third-order valence-electron chi connectivity index (χ3n) is 7.89. The van der Waals surface area contributed by atoms with Gasteiger partial charge in [-0.25, -0.2) is 24.1 Å².